The minimum Gasteiger partial charge on any atom is -0.459 e. The average molecular weight is 346 g/mol. The van der Waals surface area contributed by atoms with E-state index in [0.29, 0.717) is 21.7 Å². The van der Waals surface area contributed by atoms with Gasteiger partial charge >= 0.3 is 5.97 Å². The number of non-ortho nitro benzene ring substituents is 1. The predicted octanol–water partition coefficient (Wildman–Crippen LogP) is 4.40. The minimum absolute atomic E-state index is 0.0242. The second-order valence-electron chi connectivity index (χ2n) is 5.86. The molecule has 1 aliphatic rings. The van der Waals surface area contributed by atoms with Crippen molar-refractivity contribution in [1.29, 1.82) is 0 Å². The number of nitrogens with zero attached hydrogens (tertiary/aromatic N) is 1. The number of esters is 1. The summed E-state index contributed by atoms with van der Waals surface area (Å²) in [5.41, 5.74) is 7.43. The second kappa shape index (κ2) is 7.00. The zero-order valence-electron chi connectivity index (χ0n) is 13.1. The number of thiophene rings is 1. The lowest BCUT2D eigenvalue weighted by molar-refractivity contribution is -0.384. The number of nitrogens with two attached hydrogens (primary N) is 1. The Morgan fingerprint density at radius 2 is 2.04 bits per heavy atom. The fraction of sp³-hybridized carbons (Fsp3) is 0.353. The first-order valence-electron chi connectivity index (χ1n) is 7.89. The largest absolute Gasteiger partial charge is 0.459 e. The lowest BCUT2D eigenvalue weighted by atomic mass is 9.97. The van der Waals surface area contributed by atoms with Gasteiger partial charge in [0.1, 0.15) is 16.7 Å². The molecular formula is C17H18N2O4S. The highest BCUT2D eigenvalue weighted by Gasteiger charge is 2.25. The van der Waals surface area contributed by atoms with Gasteiger partial charge in [0.15, 0.2) is 0 Å². The van der Waals surface area contributed by atoms with Gasteiger partial charge in [-0.05, 0) is 31.2 Å². The number of carbonyl (C=O) groups is 1. The molecule has 1 heterocycles. The highest BCUT2D eigenvalue weighted by molar-refractivity contribution is 7.14. The van der Waals surface area contributed by atoms with E-state index in [2.05, 4.69) is 0 Å². The fourth-order valence-electron chi connectivity index (χ4n) is 2.98. The Morgan fingerprint density at radius 3 is 2.75 bits per heavy atom. The highest BCUT2D eigenvalue weighted by Crippen LogP contribution is 2.36. The second-order valence-corrected chi connectivity index (χ2v) is 6.77. The molecule has 2 aromatic rings. The Kier molecular flexibility index (Phi) is 4.80. The molecule has 7 heteroatoms. The summed E-state index contributed by atoms with van der Waals surface area (Å²) in [7, 11) is 0. The first-order chi connectivity index (χ1) is 11.6. The fourth-order valence-corrected chi connectivity index (χ4v) is 3.79. The number of carbonyl (C=O) groups excluding carboxylic acids is 1. The molecule has 0 amide bonds. The third-order valence-electron chi connectivity index (χ3n) is 4.22. The molecule has 3 rings (SSSR count). The molecular weight excluding hydrogens is 328 g/mol. The lowest BCUT2D eigenvalue weighted by Gasteiger charge is -2.22. The van der Waals surface area contributed by atoms with Crippen LogP contribution in [-0.2, 0) is 4.74 Å². The Morgan fingerprint density at radius 1 is 1.29 bits per heavy atom. The maximum Gasteiger partial charge on any atom is 0.342 e. The van der Waals surface area contributed by atoms with Crippen molar-refractivity contribution in [1.82, 2.24) is 0 Å². The lowest BCUT2D eigenvalue weighted by Crippen LogP contribution is -2.21. The van der Waals surface area contributed by atoms with Crippen LogP contribution in [0.15, 0.2) is 29.6 Å². The molecule has 1 aliphatic carbocycles. The van der Waals surface area contributed by atoms with Crippen LogP contribution in [0.2, 0.25) is 0 Å². The SMILES string of the molecule is Nc1scc(-c2cccc([N+](=O)[O-])c2)c1C(=O)OC1CCCCC1. The van der Waals surface area contributed by atoms with Gasteiger partial charge in [-0.25, -0.2) is 4.79 Å². The van der Waals surface area contributed by atoms with Gasteiger partial charge < -0.3 is 10.5 Å². The van der Waals surface area contributed by atoms with E-state index in [1.54, 1.807) is 17.5 Å². The van der Waals surface area contributed by atoms with Gasteiger partial charge in [-0.2, -0.15) is 0 Å². The molecule has 1 aromatic heterocycles. The number of nitro benzene ring substituents is 1. The van der Waals surface area contributed by atoms with Gasteiger partial charge in [-0.3, -0.25) is 10.1 Å². The first-order valence-corrected chi connectivity index (χ1v) is 8.77. The molecule has 0 radical (unpaired) electrons. The topological polar surface area (TPSA) is 95.5 Å². The normalized spacial score (nSPS) is 15.2. The summed E-state index contributed by atoms with van der Waals surface area (Å²) in [6.07, 6.45) is 4.99. The number of anilines is 1. The first kappa shape index (κ1) is 16.4. The van der Waals surface area contributed by atoms with Crippen molar-refractivity contribution in [2.75, 3.05) is 5.73 Å². The predicted molar refractivity (Wildman–Crippen MR) is 93.1 cm³/mol. The molecule has 0 aliphatic heterocycles. The zero-order chi connectivity index (χ0) is 17.1. The molecule has 1 fully saturated rings. The van der Waals surface area contributed by atoms with Crippen molar-refractivity contribution < 1.29 is 14.5 Å². The molecule has 6 nitrogen and oxygen atoms in total. The monoisotopic (exact) mass is 346 g/mol. The summed E-state index contributed by atoms with van der Waals surface area (Å²) < 4.78 is 5.61. The summed E-state index contributed by atoms with van der Waals surface area (Å²) in [6, 6.07) is 6.18. The Labute approximate surface area is 143 Å². The summed E-state index contributed by atoms with van der Waals surface area (Å²) in [5.74, 6) is -0.442. The molecule has 0 saturated heterocycles. The van der Waals surface area contributed by atoms with Crippen LogP contribution in [0.5, 0.6) is 0 Å². The number of benzene rings is 1. The number of hydrogen-bond acceptors (Lipinski definition) is 6. The van der Waals surface area contributed by atoms with Crippen LogP contribution in [0.1, 0.15) is 42.5 Å². The molecule has 0 atom stereocenters. The van der Waals surface area contributed by atoms with E-state index in [4.69, 9.17) is 10.5 Å². The summed E-state index contributed by atoms with van der Waals surface area (Å²) in [4.78, 5) is 23.1. The highest BCUT2D eigenvalue weighted by atomic mass is 32.1. The summed E-state index contributed by atoms with van der Waals surface area (Å²) >= 11 is 1.24. The zero-order valence-corrected chi connectivity index (χ0v) is 13.9. The van der Waals surface area contributed by atoms with Crippen LogP contribution < -0.4 is 5.73 Å². The number of nitro groups is 1. The Balaban J connectivity index is 1.89. The number of rotatable bonds is 4. The van der Waals surface area contributed by atoms with E-state index in [-0.39, 0.29) is 11.8 Å². The van der Waals surface area contributed by atoms with E-state index < -0.39 is 10.9 Å². The van der Waals surface area contributed by atoms with Crippen LogP contribution in [0.3, 0.4) is 0 Å². The van der Waals surface area contributed by atoms with Crippen LogP contribution in [-0.4, -0.2) is 17.0 Å². The van der Waals surface area contributed by atoms with Crippen LogP contribution in [0.25, 0.3) is 11.1 Å². The number of hydrogen-bond donors (Lipinski definition) is 1. The molecule has 1 saturated carbocycles. The smallest absolute Gasteiger partial charge is 0.342 e. The van der Waals surface area contributed by atoms with Gasteiger partial charge in [0.2, 0.25) is 0 Å². The van der Waals surface area contributed by atoms with Crippen molar-refractivity contribution in [3.05, 3.63) is 45.3 Å². The van der Waals surface area contributed by atoms with Gasteiger partial charge in [0, 0.05) is 23.1 Å². The third kappa shape index (κ3) is 3.41. The maximum atomic E-state index is 12.6. The van der Waals surface area contributed by atoms with Gasteiger partial charge in [-0.1, -0.05) is 18.6 Å². The van der Waals surface area contributed by atoms with Crippen LogP contribution in [0, 0.1) is 10.1 Å². The van der Waals surface area contributed by atoms with Gasteiger partial charge in [0.25, 0.3) is 5.69 Å². The standard InChI is InChI=1S/C17H18N2O4S/c18-16-15(17(20)23-13-7-2-1-3-8-13)14(10-24-16)11-5-4-6-12(9-11)19(21)22/h4-6,9-10,13H,1-3,7-8,18H2. The van der Waals surface area contributed by atoms with E-state index in [1.165, 1.54) is 29.9 Å². The Hall–Kier alpha value is -2.41. The van der Waals surface area contributed by atoms with Crippen molar-refractivity contribution in [3.8, 4) is 11.1 Å². The van der Waals surface area contributed by atoms with Crippen molar-refractivity contribution in [2.24, 2.45) is 0 Å². The van der Waals surface area contributed by atoms with E-state index in [1.807, 2.05) is 0 Å². The molecule has 0 spiro atoms. The van der Waals surface area contributed by atoms with Crippen molar-refractivity contribution >= 4 is 28.0 Å². The minimum atomic E-state index is -0.459. The molecule has 0 bridgehead atoms. The van der Waals surface area contributed by atoms with Crippen molar-refractivity contribution in [3.63, 3.8) is 0 Å². The van der Waals surface area contributed by atoms with Crippen LogP contribution in [0.4, 0.5) is 10.7 Å². The molecule has 0 unspecified atom stereocenters. The van der Waals surface area contributed by atoms with Crippen molar-refractivity contribution in [2.45, 2.75) is 38.2 Å². The average Bonchev–Trinajstić information content (AvgIpc) is 2.97. The van der Waals surface area contributed by atoms with E-state index in [9.17, 15) is 14.9 Å². The molecule has 126 valence electrons. The van der Waals surface area contributed by atoms with E-state index in [0.717, 1.165) is 25.7 Å². The molecule has 1 aromatic carbocycles. The molecule has 2 N–H and O–H groups in total. The van der Waals surface area contributed by atoms with E-state index >= 15 is 0 Å². The quantitative estimate of drug-likeness (QED) is 0.503. The van der Waals surface area contributed by atoms with Crippen LogP contribution >= 0.6 is 11.3 Å². The third-order valence-corrected chi connectivity index (χ3v) is 5.03. The number of nitrogen functional groups attached to an aromatic ring is 1. The van der Waals surface area contributed by atoms with Gasteiger partial charge in [0.05, 0.1) is 4.92 Å². The number of ether oxygens (including phenoxy) is 1. The van der Waals surface area contributed by atoms with Gasteiger partial charge in [-0.15, -0.1) is 11.3 Å². The maximum absolute atomic E-state index is 12.6. The Bertz CT molecular complexity index is 766. The summed E-state index contributed by atoms with van der Waals surface area (Å²) in [6.45, 7) is 0. The summed E-state index contributed by atoms with van der Waals surface area (Å²) in [5, 5.41) is 13.1. The molecule has 24 heavy (non-hydrogen) atoms.